The second-order valence-corrected chi connectivity index (χ2v) is 8.86. The van der Waals surface area contributed by atoms with Crippen LogP contribution in [-0.2, 0) is 0 Å². The number of aliphatic hydroxyl groups excluding tert-OH is 1. The predicted octanol–water partition coefficient (Wildman–Crippen LogP) is 5.90. The van der Waals surface area contributed by atoms with Crippen molar-refractivity contribution in [2.24, 2.45) is 0 Å². The van der Waals surface area contributed by atoms with Crippen LogP contribution < -0.4 is 5.32 Å². The van der Waals surface area contributed by atoms with Gasteiger partial charge in [0.15, 0.2) is 5.82 Å². The van der Waals surface area contributed by atoms with E-state index in [0.717, 1.165) is 39.7 Å². The Morgan fingerprint density at radius 2 is 1.89 bits per heavy atom. The van der Waals surface area contributed by atoms with Crippen LogP contribution in [0.25, 0.3) is 55.8 Å². The molecule has 0 amide bonds. The molecule has 4 aromatic heterocycles. The van der Waals surface area contributed by atoms with Gasteiger partial charge in [0, 0.05) is 28.9 Å². The summed E-state index contributed by atoms with van der Waals surface area (Å²) in [5.41, 5.74) is 6.27. The Labute approximate surface area is 211 Å². The van der Waals surface area contributed by atoms with Gasteiger partial charge in [-0.15, -0.1) is 0 Å². The van der Waals surface area contributed by atoms with E-state index in [1.165, 1.54) is 6.07 Å². The largest absolute Gasteiger partial charge is 0.374 e. The van der Waals surface area contributed by atoms with Crippen molar-refractivity contribution in [1.82, 2.24) is 30.1 Å². The highest BCUT2D eigenvalue weighted by Crippen LogP contribution is 2.33. The molecule has 2 aromatic carbocycles. The van der Waals surface area contributed by atoms with Crippen LogP contribution in [-0.4, -0.2) is 41.5 Å². The fraction of sp³-hybridized carbons (Fsp3) is 0.143. The minimum atomic E-state index is -0.623. The Hall–Kier alpha value is -4.63. The highest BCUT2D eigenvalue weighted by Gasteiger charge is 2.18. The molecule has 0 aliphatic carbocycles. The van der Waals surface area contributed by atoms with E-state index in [4.69, 9.17) is 4.98 Å². The third-order valence-electron chi connectivity index (χ3n) is 6.28. The maximum Gasteiger partial charge on any atom is 0.159 e. The lowest BCUT2D eigenvalue weighted by molar-refractivity contribution is 0.192. The van der Waals surface area contributed by atoms with Crippen LogP contribution in [0.4, 0.5) is 10.1 Å². The normalized spacial score (nSPS) is 12.3. The minimum absolute atomic E-state index is 0.352. The number of hydrogen-bond acceptors (Lipinski definition) is 6. The standard InChI is InChI=1S/C28H24FN7O/c1-2-5-24(37)32-18-12-17(14-30-15-18)16-8-9-22-20(13-16)26(36-35-22)28-33-23-10-11-31-25(27(23)34-28)19-6-3-4-7-21(19)29/h3-4,6-15,24,32,37H,2,5H2,1H3,(H,33,34)(H,35,36). The summed E-state index contributed by atoms with van der Waals surface area (Å²) in [7, 11) is 0. The molecule has 4 heterocycles. The molecule has 6 aromatic rings. The number of fused-ring (bicyclic) bond motifs is 2. The zero-order valence-corrected chi connectivity index (χ0v) is 20.0. The minimum Gasteiger partial charge on any atom is -0.374 e. The van der Waals surface area contributed by atoms with Crippen LogP contribution in [0, 0.1) is 5.82 Å². The highest BCUT2D eigenvalue weighted by molar-refractivity contribution is 5.97. The van der Waals surface area contributed by atoms with Gasteiger partial charge >= 0.3 is 0 Å². The fourth-order valence-corrected chi connectivity index (χ4v) is 4.49. The Balaban J connectivity index is 1.41. The molecule has 184 valence electrons. The Kier molecular flexibility index (Phi) is 5.82. The van der Waals surface area contributed by atoms with E-state index < -0.39 is 6.23 Å². The van der Waals surface area contributed by atoms with Crippen molar-refractivity contribution in [1.29, 1.82) is 0 Å². The molecule has 0 saturated carbocycles. The Morgan fingerprint density at radius 1 is 1.00 bits per heavy atom. The number of H-pyrrole nitrogens is 2. The van der Waals surface area contributed by atoms with Gasteiger partial charge in [0.25, 0.3) is 0 Å². The summed E-state index contributed by atoms with van der Waals surface area (Å²) < 4.78 is 14.5. The van der Waals surface area contributed by atoms with E-state index in [1.54, 1.807) is 36.8 Å². The van der Waals surface area contributed by atoms with Gasteiger partial charge in [-0.05, 0) is 48.4 Å². The molecule has 0 bridgehead atoms. The van der Waals surface area contributed by atoms with E-state index in [-0.39, 0.29) is 5.82 Å². The van der Waals surface area contributed by atoms with E-state index in [1.807, 2.05) is 37.3 Å². The lowest BCUT2D eigenvalue weighted by Gasteiger charge is -2.13. The van der Waals surface area contributed by atoms with Crippen LogP contribution >= 0.6 is 0 Å². The van der Waals surface area contributed by atoms with Crippen molar-refractivity contribution in [2.75, 3.05) is 5.32 Å². The first-order chi connectivity index (χ1) is 18.1. The first kappa shape index (κ1) is 22.8. The second kappa shape index (κ2) is 9.44. The smallest absolute Gasteiger partial charge is 0.159 e. The summed E-state index contributed by atoms with van der Waals surface area (Å²) in [6, 6.07) is 16.3. The SMILES string of the molecule is CCCC(O)Nc1cncc(-c2ccc3[nH]nc(-c4nc5c(-c6ccccc6F)nccc5[nH]4)c3c2)c1. The summed E-state index contributed by atoms with van der Waals surface area (Å²) in [4.78, 5) is 16.8. The molecule has 1 atom stereocenters. The van der Waals surface area contributed by atoms with Gasteiger partial charge in [-0.3, -0.25) is 15.1 Å². The maximum atomic E-state index is 14.5. The Bertz CT molecular complexity index is 1720. The monoisotopic (exact) mass is 493 g/mol. The number of aromatic amines is 2. The molecule has 4 N–H and O–H groups in total. The fourth-order valence-electron chi connectivity index (χ4n) is 4.49. The van der Waals surface area contributed by atoms with Crippen LogP contribution in [0.2, 0.25) is 0 Å². The zero-order chi connectivity index (χ0) is 25.4. The molecule has 0 fully saturated rings. The number of aromatic nitrogens is 6. The van der Waals surface area contributed by atoms with Crippen LogP contribution in [0.1, 0.15) is 19.8 Å². The van der Waals surface area contributed by atoms with Crippen molar-refractivity contribution in [2.45, 2.75) is 26.0 Å². The number of anilines is 1. The van der Waals surface area contributed by atoms with Crippen molar-refractivity contribution >= 4 is 27.6 Å². The molecule has 6 rings (SSSR count). The van der Waals surface area contributed by atoms with E-state index in [0.29, 0.717) is 34.7 Å². The number of aliphatic hydroxyl groups is 1. The first-order valence-electron chi connectivity index (χ1n) is 12.1. The van der Waals surface area contributed by atoms with Crippen LogP contribution in [0.3, 0.4) is 0 Å². The molecule has 37 heavy (non-hydrogen) atoms. The van der Waals surface area contributed by atoms with Gasteiger partial charge in [-0.1, -0.05) is 31.5 Å². The van der Waals surface area contributed by atoms with Gasteiger partial charge in [0.2, 0.25) is 0 Å². The van der Waals surface area contributed by atoms with Crippen molar-refractivity contribution in [3.8, 4) is 33.9 Å². The third kappa shape index (κ3) is 4.30. The molecule has 0 aliphatic rings. The van der Waals surface area contributed by atoms with Crippen molar-refractivity contribution in [3.63, 3.8) is 0 Å². The summed E-state index contributed by atoms with van der Waals surface area (Å²) in [6.07, 6.45) is 6.02. The highest BCUT2D eigenvalue weighted by atomic mass is 19.1. The van der Waals surface area contributed by atoms with Crippen molar-refractivity contribution in [3.05, 3.63) is 79.0 Å². The molecule has 1 unspecified atom stereocenters. The predicted molar refractivity (Wildman–Crippen MR) is 142 cm³/mol. The van der Waals surface area contributed by atoms with Crippen molar-refractivity contribution < 1.29 is 9.50 Å². The number of nitrogens with zero attached hydrogens (tertiary/aromatic N) is 4. The molecule has 8 nitrogen and oxygen atoms in total. The molecule has 0 spiro atoms. The number of halogens is 1. The number of hydrogen-bond donors (Lipinski definition) is 4. The first-order valence-corrected chi connectivity index (χ1v) is 12.1. The summed E-state index contributed by atoms with van der Waals surface area (Å²) in [5, 5.41) is 21.7. The van der Waals surface area contributed by atoms with Gasteiger partial charge in [0.1, 0.15) is 28.9 Å². The lowest BCUT2D eigenvalue weighted by Crippen LogP contribution is -2.18. The topological polar surface area (TPSA) is 115 Å². The maximum absolute atomic E-state index is 14.5. The lowest BCUT2D eigenvalue weighted by atomic mass is 10.0. The third-order valence-corrected chi connectivity index (χ3v) is 6.28. The number of pyridine rings is 2. The zero-order valence-electron chi connectivity index (χ0n) is 20.0. The van der Waals surface area contributed by atoms with Gasteiger partial charge in [-0.25, -0.2) is 9.37 Å². The average Bonchev–Trinajstić information content (AvgIpc) is 3.53. The van der Waals surface area contributed by atoms with Gasteiger partial charge in [0.05, 0.1) is 22.9 Å². The van der Waals surface area contributed by atoms with Crippen LogP contribution in [0.15, 0.2) is 73.2 Å². The molecular weight excluding hydrogens is 469 g/mol. The molecule has 9 heteroatoms. The van der Waals surface area contributed by atoms with Crippen LogP contribution in [0.5, 0.6) is 0 Å². The van der Waals surface area contributed by atoms with E-state index in [2.05, 4.69) is 30.5 Å². The summed E-state index contributed by atoms with van der Waals surface area (Å²) in [5.74, 6) is 0.203. The molecular formula is C28H24FN7O. The number of imidazole rings is 1. The number of nitrogens with one attached hydrogen (secondary N) is 3. The van der Waals surface area contributed by atoms with Gasteiger partial charge < -0.3 is 15.4 Å². The summed E-state index contributed by atoms with van der Waals surface area (Å²) >= 11 is 0. The number of rotatable bonds is 7. The average molecular weight is 494 g/mol. The van der Waals surface area contributed by atoms with Gasteiger partial charge in [-0.2, -0.15) is 5.10 Å². The van der Waals surface area contributed by atoms with E-state index in [9.17, 15) is 9.50 Å². The van der Waals surface area contributed by atoms with E-state index >= 15 is 0 Å². The molecule has 0 aliphatic heterocycles. The quantitative estimate of drug-likeness (QED) is 0.206. The number of benzene rings is 2. The Morgan fingerprint density at radius 3 is 2.76 bits per heavy atom. The molecule has 0 radical (unpaired) electrons. The summed E-state index contributed by atoms with van der Waals surface area (Å²) in [6.45, 7) is 2.02. The second-order valence-electron chi connectivity index (χ2n) is 8.86. The molecule has 0 saturated heterocycles.